The van der Waals surface area contributed by atoms with Crippen LogP contribution in [0.3, 0.4) is 0 Å². The third-order valence-electron chi connectivity index (χ3n) is 0. The van der Waals surface area contributed by atoms with Crippen LogP contribution in [0.2, 0.25) is 0 Å². The van der Waals surface area contributed by atoms with E-state index in [4.69, 9.17) is 24.9 Å². The number of hydrogen-bond donors (Lipinski definition) is 1. The summed E-state index contributed by atoms with van der Waals surface area (Å²) in [7, 11) is 0. The van der Waals surface area contributed by atoms with Gasteiger partial charge in [0.15, 0.2) is 0 Å². The molecule has 0 aliphatic heterocycles. The first kappa shape index (κ1) is 22.5. The second-order valence-electron chi connectivity index (χ2n) is 1.30. The molecule has 0 rings (SSSR count). The molecule has 0 aromatic rings. The predicted octanol–water partition coefficient (Wildman–Crippen LogP) is -2.49. The maximum absolute atomic E-state index is 8.89. The van der Waals surface area contributed by atoms with Crippen molar-refractivity contribution in [3.8, 4) is 0 Å². The molecule has 0 fully saturated rings. The van der Waals surface area contributed by atoms with E-state index < -0.39 is 11.9 Å². The van der Waals surface area contributed by atoms with Crippen LogP contribution in [-0.4, -0.2) is 23.7 Å². The minimum absolute atomic E-state index is 0. The largest absolute Gasteiger partial charge is 2.00 e. The van der Waals surface area contributed by atoms with Crippen LogP contribution in [0.5, 0.6) is 0 Å². The molecule has 1 N–H and O–H groups in total. The average Bonchev–Trinajstić information content (AvgIpc) is 1.60. The van der Waals surface area contributed by atoms with Crippen LogP contribution in [-0.2, 0) is 26.7 Å². The minimum atomic E-state index is -1.08. The molecule has 0 bridgehead atoms. The Labute approximate surface area is 81.9 Å². The Hall–Kier alpha value is -0.581. The SMILES string of the molecule is CC(=O)[O-].CC(=O)[O-].CCO.[Fe+2]. The fraction of sp³-hybridized carbons (Fsp3) is 0.667. The number of carboxylic acids is 2. The van der Waals surface area contributed by atoms with Gasteiger partial charge in [0.1, 0.15) is 0 Å². The van der Waals surface area contributed by atoms with Crippen molar-refractivity contribution >= 4 is 11.9 Å². The van der Waals surface area contributed by atoms with Crippen molar-refractivity contribution in [1.29, 1.82) is 0 Å². The first-order valence-corrected chi connectivity index (χ1v) is 2.84. The molecule has 0 radical (unpaired) electrons. The van der Waals surface area contributed by atoms with Gasteiger partial charge in [0.05, 0.1) is 0 Å². The Balaban J connectivity index is -0.0000000389. The van der Waals surface area contributed by atoms with Crippen LogP contribution in [0, 0.1) is 0 Å². The third-order valence-corrected chi connectivity index (χ3v) is 0. The molecule has 0 heterocycles. The summed E-state index contributed by atoms with van der Waals surface area (Å²) in [6.45, 7) is 3.88. The van der Waals surface area contributed by atoms with Gasteiger partial charge in [0, 0.05) is 18.5 Å². The second kappa shape index (κ2) is 22.4. The van der Waals surface area contributed by atoms with Crippen molar-refractivity contribution in [2.24, 2.45) is 0 Å². The Morgan fingerprint density at radius 3 is 1.17 bits per heavy atom. The zero-order valence-corrected chi connectivity index (χ0v) is 8.25. The number of carbonyl (C=O) groups is 2. The number of carboxylic acid groups (broad SMARTS) is 2. The van der Waals surface area contributed by atoms with Crippen molar-refractivity contribution in [3.05, 3.63) is 0 Å². The summed E-state index contributed by atoms with van der Waals surface area (Å²) in [6, 6.07) is 0. The summed E-state index contributed by atoms with van der Waals surface area (Å²) >= 11 is 0. The summed E-state index contributed by atoms with van der Waals surface area (Å²) in [6.07, 6.45) is 0. The summed E-state index contributed by atoms with van der Waals surface area (Å²) in [5.41, 5.74) is 0. The van der Waals surface area contributed by atoms with Gasteiger partial charge in [-0.05, 0) is 20.8 Å². The van der Waals surface area contributed by atoms with Crippen molar-refractivity contribution in [2.75, 3.05) is 6.61 Å². The maximum atomic E-state index is 8.89. The summed E-state index contributed by atoms with van der Waals surface area (Å²) in [5.74, 6) is -2.17. The molecule has 0 aliphatic rings. The molecule has 74 valence electrons. The molecule has 12 heavy (non-hydrogen) atoms. The Kier molecular flexibility index (Phi) is 42.1. The van der Waals surface area contributed by atoms with E-state index in [0.29, 0.717) is 0 Å². The van der Waals surface area contributed by atoms with Crippen LogP contribution >= 0.6 is 0 Å². The summed E-state index contributed by atoms with van der Waals surface area (Å²) in [5, 5.41) is 25.3. The Morgan fingerprint density at radius 2 is 1.17 bits per heavy atom. The van der Waals surface area contributed by atoms with Crippen molar-refractivity contribution in [1.82, 2.24) is 0 Å². The van der Waals surface area contributed by atoms with Gasteiger partial charge in [-0.3, -0.25) is 0 Å². The maximum Gasteiger partial charge on any atom is 2.00 e. The molecule has 0 saturated heterocycles. The van der Waals surface area contributed by atoms with Crippen LogP contribution in [0.25, 0.3) is 0 Å². The molecule has 0 saturated carbocycles. The van der Waals surface area contributed by atoms with Gasteiger partial charge < -0.3 is 24.9 Å². The van der Waals surface area contributed by atoms with E-state index in [1.807, 2.05) is 0 Å². The zero-order chi connectivity index (χ0) is 9.86. The number of aliphatic hydroxyl groups excluding tert-OH is 1. The second-order valence-corrected chi connectivity index (χ2v) is 1.30. The van der Waals surface area contributed by atoms with Gasteiger partial charge >= 0.3 is 17.1 Å². The predicted molar refractivity (Wildman–Crippen MR) is 34.1 cm³/mol. The quantitative estimate of drug-likeness (QED) is 0.455. The summed E-state index contributed by atoms with van der Waals surface area (Å²) in [4.78, 5) is 17.8. The standard InChI is InChI=1S/2C2H4O2.C2H6O.Fe/c2*1-2(3)4;1-2-3;/h2*1H3,(H,3,4);3H,2H2,1H3;/q;;;+2/p-2. The molecule has 0 atom stereocenters. The average molecular weight is 220 g/mol. The fourth-order valence-corrected chi connectivity index (χ4v) is 0. The van der Waals surface area contributed by atoms with E-state index in [0.717, 1.165) is 13.8 Å². The van der Waals surface area contributed by atoms with Crippen LogP contribution in [0.15, 0.2) is 0 Å². The topological polar surface area (TPSA) is 100 Å². The normalized spacial score (nSPS) is 5.67. The first-order valence-electron chi connectivity index (χ1n) is 2.84. The molecule has 0 unspecified atom stereocenters. The van der Waals surface area contributed by atoms with Gasteiger partial charge in [-0.15, -0.1) is 0 Å². The van der Waals surface area contributed by atoms with Gasteiger partial charge in [-0.25, -0.2) is 0 Å². The van der Waals surface area contributed by atoms with Gasteiger partial charge in [0.25, 0.3) is 0 Å². The van der Waals surface area contributed by atoms with Gasteiger partial charge in [-0.2, -0.15) is 0 Å². The number of aliphatic carboxylic acids is 2. The Bertz CT molecular complexity index is 84.1. The number of aliphatic hydroxyl groups is 1. The minimum Gasteiger partial charge on any atom is -0.550 e. The fourth-order valence-electron chi connectivity index (χ4n) is 0. The number of carbonyl (C=O) groups excluding carboxylic acids is 2. The number of rotatable bonds is 0. The molecule has 0 aromatic carbocycles. The molecule has 0 spiro atoms. The molecule has 6 heteroatoms. The molecular weight excluding hydrogens is 208 g/mol. The van der Waals surface area contributed by atoms with Crippen molar-refractivity contribution in [2.45, 2.75) is 20.8 Å². The Morgan fingerprint density at radius 1 is 1.17 bits per heavy atom. The van der Waals surface area contributed by atoms with Crippen molar-refractivity contribution < 1.29 is 42.0 Å². The van der Waals surface area contributed by atoms with E-state index in [9.17, 15) is 0 Å². The zero-order valence-electron chi connectivity index (χ0n) is 7.14. The van der Waals surface area contributed by atoms with E-state index in [-0.39, 0.29) is 23.7 Å². The smallest absolute Gasteiger partial charge is 0.550 e. The first-order chi connectivity index (χ1) is 4.88. The molecular formula is C6H12FeO5. The van der Waals surface area contributed by atoms with Crippen LogP contribution in [0.4, 0.5) is 0 Å². The van der Waals surface area contributed by atoms with E-state index >= 15 is 0 Å². The van der Waals surface area contributed by atoms with E-state index in [2.05, 4.69) is 0 Å². The molecule has 0 aromatic heterocycles. The van der Waals surface area contributed by atoms with Gasteiger partial charge in [0.2, 0.25) is 0 Å². The summed E-state index contributed by atoms with van der Waals surface area (Å²) < 4.78 is 0. The van der Waals surface area contributed by atoms with Gasteiger partial charge in [-0.1, -0.05) is 0 Å². The number of hydrogen-bond acceptors (Lipinski definition) is 5. The van der Waals surface area contributed by atoms with Crippen molar-refractivity contribution in [3.63, 3.8) is 0 Å². The van der Waals surface area contributed by atoms with Crippen LogP contribution in [0.1, 0.15) is 20.8 Å². The third kappa shape index (κ3) is 1980. The van der Waals surface area contributed by atoms with E-state index in [1.165, 1.54) is 0 Å². The van der Waals surface area contributed by atoms with E-state index in [1.54, 1.807) is 6.92 Å². The molecule has 0 aliphatic carbocycles. The molecule has 5 nitrogen and oxygen atoms in total. The molecule has 0 amide bonds. The monoisotopic (exact) mass is 220 g/mol. The van der Waals surface area contributed by atoms with Crippen LogP contribution < -0.4 is 10.2 Å².